The van der Waals surface area contributed by atoms with Gasteiger partial charge in [0.05, 0.1) is 24.7 Å². The lowest BCUT2D eigenvalue weighted by molar-refractivity contribution is 0.101. The molecule has 3 aromatic rings. The van der Waals surface area contributed by atoms with E-state index in [9.17, 15) is 9.90 Å². The molecule has 0 saturated carbocycles. The summed E-state index contributed by atoms with van der Waals surface area (Å²) < 4.78 is 6.80. The van der Waals surface area contributed by atoms with Gasteiger partial charge in [0.15, 0.2) is 11.4 Å². The largest absolute Gasteiger partial charge is 0.506 e. The first-order valence-corrected chi connectivity index (χ1v) is 6.97. The highest BCUT2D eigenvalue weighted by molar-refractivity contribution is 6.05. The molecule has 0 atom stereocenters. The smallest absolute Gasteiger partial charge is 0.280 e. The van der Waals surface area contributed by atoms with E-state index < -0.39 is 5.91 Å². The summed E-state index contributed by atoms with van der Waals surface area (Å²) in [6.07, 6.45) is 1.63. The van der Waals surface area contributed by atoms with Crippen LogP contribution in [-0.2, 0) is 0 Å². The molecule has 0 unspecified atom stereocenters. The molecule has 116 valence electrons. The third kappa shape index (κ3) is 3.01. The van der Waals surface area contributed by atoms with Crippen molar-refractivity contribution >= 4 is 11.6 Å². The molecule has 6 heteroatoms. The highest BCUT2D eigenvalue weighted by Crippen LogP contribution is 2.25. The number of anilines is 1. The van der Waals surface area contributed by atoms with Crippen LogP contribution in [0.4, 0.5) is 5.69 Å². The molecule has 23 heavy (non-hydrogen) atoms. The molecular weight excluding hydrogens is 294 g/mol. The lowest BCUT2D eigenvalue weighted by Crippen LogP contribution is -2.14. The fraction of sp³-hybridized carbons (Fsp3) is 0.0588. The summed E-state index contributed by atoms with van der Waals surface area (Å²) in [5.41, 5.74) is 1.26. The van der Waals surface area contributed by atoms with E-state index in [1.54, 1.807) is 29.1 Å². The number of ether oxygens (including phenoxy) is 1. The van der Waals surface area contributed by atoms with Crippen LogP contribution in [0.25, 0.3) is 5.69 Å². The molecule has 0 aliphatic heterocycles. The third-order valence-electron chi connectivity index (χ3n) is 3.29. The topological polar surface area (TPSA) is 76.4 Å². The maximum Gasteiger partial charge on any atom is 0.280 e. The number of aromatic nitrogens is 2. The molecule has 2 N–H and O–H groups in total. The number of benzene rings is 2. The van der Waals surface area contributed by atoms with E-state index >= 15 is 0 Å². The molecule has 1 amide bonds. The lowest BCUT2D eigenvalue weighted by atomic mass is 10.3. The molecule has 0 saturated heterocycles. The van der Waals surface area contributed by atoms with Crippen LogP contribution in [-0.4, -0.2) is 27.9 Å². The van der Waals surface area contributed by atoms with E-state index in [1.165, 1.54) is 13.2 Å². The Kier molecular flexibility index (Phi) is 3.97. The molecule has 0 spiro atoms. The molecule has 0 radical (unpaired) electrons. The van der Waals surface area contributed by atoms with Gasteiger partial charge in [-0.25, -0.2) is 4.68 Å². The van der Waals surface area contributed by atoms with Crippen molar-refractivity contribution in [3.63, 3.8) is 0 Å². The van der Waals surface area contributed by atoms with Crippen molar-refractivity contribution < 1.29 is 14.6 Å². The minimum Gasteiger partial charge on any atom is -0.506 e. The Morgan fingerprint density at radius 2 is 1.83 bits per heavy atom. The van der Waals surface area contributed by atoms with Crippen LogP contribution in [0.5, 0.6) is 11.5 Å². The Morgan fingerprint density at radius 3 is 2.52 bits per heavy atom. The first-order valence-electron chi connectivity index (χ1n) is 6.97. The van der Waals surface area contributed by atoms with Crippen molar-refractivity contribution in [2.24, 2.45) is 0 Å². The van der Waals surface area contributed by atoms with Crippen molar-refractivity contribution in [1.82, 2.24) is 9.78 Å². The summed E-state index contributed by atoms with van der Waals surface area (Å²) in [6.45, 7) is 0. The molecular formula is C17H15N3O3. The van der Waals surface area contributed by atoms with Gasteiger partial charge in [-0.05, 0) is 24.3 Å². The summed E-state index contributed by atoms with van der Waals surface area (Å²) in [5.74, 6) is -0.123. The maximum atomic E-state index is 12.4. The Bertz CT molecular complexity index is 828. The number of methoxy groups -OCH3 is 1. The SMILES string of the molecule is COc1cn(-c2ccccc2)nc1C(=O)Nc1ccccc1O. The molecule has 0 fully saturated rings. The number of carbonyl (C=O) groups is 1. The Labute approximate surface area is 133 Å². The van der Waals surface area contributed by atoms with Gasteiger partial charge in [0.1, 0.15) is 5.75 Å². The zero-order chi connectivity index (χ0) is 16.2. The summed E-state index contributed by atoms with van der Waals surface area (Å²) in [5, 5.41) is 16.6. The van der Waals surface area contributed by atoms with Crippen LogP contribution >= 0.6 is 0 Å². The predicted octanol–water partition coefficient (Wildman–Crippen LogP) is 2.84. The number of carbonyl (C=O) groups excluding carboxylic acids is 1. The van der Waals surface area contributed by atoms with Crippen molar-refractivity contribution in [2.45, 2.75) is 0 Å². The van der Waals surface area contributed by atoms with E-state index in [4.69, 9.17) is 4.74 Å². The lowest BCUT2D eigenvalue weighted by Gasteiger charge is -2.06. The van der Waals surface area contributed by atoms with Gasteiger partial charge < -0.3 is 15.2 Å². The predicted molar refractivity (Wildman–Crippen MR) is 86.2 cm³/mol. The molecule has 6 nitrogen and oxygen atoms in total. The number of nitrogens with one attached hydrogen (secondary N) is 1. The van der Waals surface area contributed by atoms with Crippen molar-refractivity contribution in [1.29, 1.82) is 0 Å². The number of phenolic OH excluding ortho intramolecular Hbond substituents is 1. The van der Waals surface area contributed by atoms with Crippen LogP contribution in [0, 0.1) is 0 Å². The summed E-state index contributed by atoms with van der Waals surface area (Å²) in [7, 11) is 1.48. The van der Waals surface area contributed by atoms with E-state index in [-0.39, 0.29) is 11.4 Å². The fourth-order valence-electron chi connectivity index (χ4n) is 2.14. The van der Waals surface area contributed by atoms with Crippen LogP contribution in [0.2, 0.25) is 0 Å². The van der Waals surface area contributed by atoms with Gasteiger partial charge in [0.2, 0.25) is 0 Å². The summed E-state index contributed by atoms with van der Waals surface area (Å²) >= 11 is 0. The average Bonchev–Trinajstić information content (AvgIpc) is 3.02. The maximum absolute atomic E-state index is 12.4. The van der Waals surface area contributed by atoms with Crippen LogP contribution in [0.1, 0.15) is 10.5 Å². The molecule has 0 bridgehead atoms. The standard InChI is InChI=1S/C17H15N3O3/c1-23-15-11-20(12-7-3-2-4-8-12)19-16(15)17(22)18-13-9-5-6-10-14(13)21/h2-11,21H,1H3,(H,18,22). The van der Waals surface area contributed by atoms with Gasteiger partial charge in [-0.15, -0.1) is 0 Å². The highest BCUT2D eigenvalue weighted by atomic mass is 16.5. The summed E-state index contributed by atoms with van der Waals surface area (Å²) in [6, 6.07) is 15.9. The highest BCUT2D eigenvalue weighted by Gasteiger charge is 2.19. The minimum atomic E-state index is -0.460. The zero-order valence-electron chi connectivity index (χ0n) is 12.4. The fourth-order valence-corrected chi connectivity index (χ4v) is 2.14. The van der Waals surface area contributed by atoms with Crippen molar-refractivity contribution in [2.75, 3.05) is 12.4 Å². The second-order valence-corrected chi connectivity index (χ2v) is 4.80. The Hall–Kier alpha value is -3.28. The van der Waals surface area contributed by atoms with E-state index in [1.807, 2.05) is 30.3 Å². The number of hydrogen-bond donors (Lipinski definition) is 2. The molecule has 2 aromatic carbocycles. The van der Waals surface area contributed by atoms with Gasteiger partial charge in [0, 0.05) is 0 Å². The number of para-hydroxylation sites is 3. The number of nitrogens with zero attached hydrogens (tertiary/aromatic N) is 2. The van der Waals surface area contributed by atoms with E-state index in [0.29, 0.717) is 11.4 Å². The van der Waals surface area contributed by atoms with Crippen LogP contribution in [0.3, 0.4) is 0 Å². The molecule has 1 aromatic heterocycles. The first kappa shape index (κ1) is 14.6. The quantitative estimate of drug-likeness (QED) is 0.727. The second kappa shape index (κ2) is 6.23. The van der Waals surface area contributed by atoms with E-state index in [0.717, 1.165) is 5.69 Å². The molecule has 3 rings (SSSR count). The number of hydrogen-bond acceptors (Lipinski definition) is 4. The summed E-state index contributed by atoms with van der Waals surface area (Å²) in [4.78, 5) is 12.4. The van der Waals surface area contributed by atoms with Gasteiger partial charge in [0.25, 0.3) is 5.91 Å². The monoisotopic (exact) mass is 309 g/mol. The third-order valence-corrected chi connectivity index (χ3v) is 3.29. The van der Waals surface area contributed by atoms with Gasteiger partial charge in [-0.2, -0.15) is 5.10 Å². The molecule has 1 heterocycles. The molecule has 0 aliphatic carbocycles. The minimum absolute atomic E-state index is 0.0118. The number of rotatable bonds is 4. The van der Waals surface area contributed by atoms with Gasteiger partial charge in [-0.1, -0.05) is 30.3 Å². The average molecular weight is 309 g/mol. The zero-order valence-corrected chi connectivity index (χ0v) is 12.4. The van der Waals surface area contributed by atoms with Crippen LogP contribution < -0.4 is 10.1 Å². The van der Waals surface area contributed by atoms with Gasteiger partial charge in [-0.3, -0.25) is 4.79 Å². The van der Waals surface area contributed by atoms with Gasteiger partial charge >= 0.3 is 0 Å². The second-order valence-electron chi connectivity index (χ2n) is 4.80. The Balaban J connectivity index is 1.91. The number of phenols is 1. The first-order chi connectivity index (χ1) is 11.2. The van der Waals surface area contributed by atoms with Crippen molar-refractivity contribution in [3.05, 3.63) is 66.5 Å². The number of amides is 1. The van der Waals surface area contributed by atoms with Crippen molar-refractivity contribution in [3.8, 4) is 17.2 Å². The Morgan fingerprint density at radius 1 is 1.13 bits per heavy atom. The van der Waals surface area contributed by atoms with Crippen LogP contribution in [0.15, 0.2) is 60.8 Å². The number of aromatic hydroxyl groups is 1. The normalized spacial score (nSPS) is 10.3. The van der Waals surface area contributed by atoms with E-state index in [2.05, 4.69) is 10.4 Å². The molecule has 0 aliphatic rings.